The molecule has 0 radical (unpaired) electrons. The van der Waals surface area contributed by atoms with Gasteiger partial charge in [0.2, 0.25) is 21.8 Å². The number of methoxy groups -OCH3 is 1. The number of para-hydroxylation sites is 1. The number of carbonyl (C=O) groups excluding carboxylic acids is 2. The largest absolute Gasteiger partial charge is 0.504 e. The third kappa shape index (κ3) is 6.38. The van der Waals surface area contributed by atoms with Crippen LogP contribution in [0, 0.1) is 0 Å². The highest BCUT2D eigenvalue weighted by atomic mass is 32.2. The Bertz CT molecular complexity index is 1750. The van der Waals surface area contributed by atoms with Gasteiger partial charge in [0, 0.05) is 25.8 Å². The van der Waals surface area contributed by atoms with Crippen LogP contribution < -0.4 is 15.0 Å². The molecule has 1 fully saturated rings. The molecule has 1 heterocycles. The van der Waals surface area contributed by atoms with Gasteiger partial charge in [0.05, 0.1) is 17.5 Å². The summed E-state index contributed by atoms with van der Waals surface area (Å²) in [7, 11) is 0.543. The van der Waals surface area contributed by atoms with E-state index >= 15 is 0 Å². The number of aromatic hydroxyl groups is 1. The molecule has 0 unspecified atom stereocenters. The van der Waals surface area contributed by atoms with E-state index in [-0.39, 0.29) is 34.7 Å². The Morgan fingerprint density at radius 1 is 1.05 bits per heavy atom. The van der Waals surface area contributed by atoms with Crippen LogP contribution in [0.2, 0.25) is 0 Å². The Balaban J connectivity index is 1.62. The summed E-state index contributed by atoms with van der Waals surface area (Å²) in [4.78, 5) is 29.8. The number of anilines is 1. The van der Waals surface area contributed by atoms with Gasteiger partial charge in [0.25, 0.3) is 0 Å². The van der Waals surface area contributed by atoms with Gasteiger partial charge in [-0.15, -0.1) is 5.10 Å². The molecule has 1 aliphatic carbocycles. The van der Waals surface area contributed by atoms with E-state index in [1.54, 1.807) is 18.2 Å². The van der Waals surface area contributed by atoms with E-state index in [0.717, 1.165) is 36.4 Å². The molecule has 3 aromatic carbocycles. The van der Waals surface area contributed by atoms with Crippen molar-refractivity contribution in [1.29, 1.82) is 0 Å². The van der Waals surface area contributed by atoms with E-state index in [1.807, 2.05) is 12.1 Å². The zero-order chi connectivity index (χ0) is 31.4. The van der Waals surface area contributed by atoms with E-state index < -0.39 is 27.9 Å². The molecule has 13 heteroatoms. The van der Waals surface area contributed by atoms with Crippen molar-refractivity contribution in [1.82, 2.24) is 24.6 Å². The fraction of sp³-hybridized carbons (Fsp3) is 0.355. The van der Waals surface area contributed by atoms with E-state index in [9.17, 15) is 23.1 Å². The fourth-order valence-corrected chi connectivity index (χ4v) is 6.39. The van der Waals surface area contributed by atoms with Crippen LogP contribution >= 0.6 is 0 Å². The molecular formula is C31H36N6O6S. The predicted octanol–water partition coefficient (Wildman–Crippen LogP) is 3.62. The summed E-state index contributed by atoms with van der Waals surface area (Å²) in [5.74, 6) is -0.904. The number of ether oxygens (including phenoxy) is 1. The zero-order valence-corrected chi connectivity index (χ0v) is 25.7. The van der Waals surface area contributed by atoms with E-state index in [0.29, 0.717) is 16.6 Å². The van der Waals surface area contributed by atoms with Crippen molar-refractivity contribution < 1.29 is 27.9 Å². The fourth-order valence-electron chi connectivity index (χ4n) is 5.49. The van der Waals surface area contributed by atoms with Gasteiger partial charge in [-0.1, -0.05) is 42.7 Å². The van der Waals surface area contributed by atoms with Crippen molar-refractivity contribution in [3.05, 3.63) is 72.3 Å². The number of hydrogen-bond donors (Lipinski definition) is 2. The maximum Gasteiger partial charge on any atom is 0.249 e. The first-order chi connectivity index (χ1) is 21.1. The van der Waals surface area contributed by atoms with Gasteiger partial charge in [-0.2, -0.15) is 0 Å². The minimum Gasteiger partial charge on any atom is -0.504 e. The maximum atomic E-state index is 14.3. The van der Waals surface area contributed by atoms with E-state index in [4.69, 9.17) is 4.74 Å². The summed E-state index contributed by atoms with van der Waals surface area (Å²) in [6, 6.07) is 16.3. The Morgan fingerprint density at radius 2 is 1.75 bits per heavy atom. The number of phenolic OH excluding ortho intramolecular Hbond substituents is 1. The van der Waals surface area contributed by atoms with E-state index in [2.05, 4.69) is 15.6 Å². The Hall–Kier alpha value is -4.49. The highest BCUT2D eigenvalue weighted by Crippen LogP contribution is 2.35. The second-order valence-electron chi connectivity index (χ2n) is 11.0. The zero-order valence-electron chi connectivity index (χ0n) is 24.9. The Labute approximate surface area is 256 Å². The van der Waals surface area contributed by atoms with E-state index in [1.165, 1.54) is 67.2 Å². The molecule has 0 bridgehead atoms. The monoisotopic (exact) mass is 620 g/mol. The second-order valence-corrected chi connectivity index (χ2v) is 13.1. The van der Waals surface area contributed by atoms with Crippen molar-refractivity contribution in [2.75, 3.05) is 26.1 Å². The average molecular weight is 621 g/mol. The highest BCUT2D eigenvalue weighted by molar-refractivity contribution is 7.89. The second kappa shape index (κ2) is 13.0. The molecular weight excluding hydrogens is 584 g/mol. The molecule has 2 amide bonds. The first kappa shape index (κ1) is 31.0. The van der Waals surface area contributed by atoms with Gasteiger partial charge in [-0.3, -0.25) is 14.5 Å². The summed E-state index contributed by atoms with van der Waals surface area (Å²) in [6.07, 6.45) is 4.72. The number of benzene rings is 3. The third-order valence-electron chi connectivity index (χ3n) is 7.84. The number of rotatable bonds is 10. The summed E-state index contributed by atoms with van der Waals surface area (Å²) in [5.41, 5.74) is 1.88. The van der Waals surface area contributed by atoms with Gasteiger partial charge in [-0.05, 0) is 66.9 Å². The van der Waals surface area contributed by atoms with Crippen LogP contribution in [-0.2, 0) is 26.2 Å². The average Bonchev–Trinajstić information content (AvgIpc) is 3.42. The molecule has 1 atom stereocenters. The number of nitrogens with zero attached hydrogens (tertiary/aromatic N) is 5. The molecule has 232 valence electrons. The minimum absolute atomic E-state index is 0.0335. The number of amides is 2. The number of fused-ring (bicyclic) bond motifs is 1. The quantitative estimate of drug-likeness (QED) is 0.273. The number of nitrogens with one attached hydrogen (secondary N) is 1. The Kier molecular flexibility index (Phi) is 9.16. The predicted molar refractivity (Wildman–Crippen MR) is 165 cm³/mol. The first-order valence-corrected chi connectivity index (χ1v) is 15.8. The van der Waals surface area contributed by atoms with Gasteiger partial charge in [0.1, 0.15) is 18.1 Å². The normalized spacial score (nSPS) is 14.8. The van der Waals surface area contributed by atoms with Crippen molar-refractivity contribution in [2.45, 2.75) is 55.6 Å². The maximum absolute atomic E-state index is 14.3. The lowest BCUT2D eigenvalue weighted by Gasteiger charge is -2.33. The lowest BCUT2D eigenvalue weighted by molar-refractivity contribution is -0.127. The number of phenols is 1. The van der Waals surface area contributed by atoms with Crippen molar-refractivity contribution in [3.8, 4) is 11.5 Å². The molecule has 1 aromatic heterocycles. The van der Waals surface area contributed by atoms with Crippen molar-refractivity contribution >= 4 is 38.6 Å². The number of sulfonamides is 1. The van der Waals surface area contributed by atoms with Gasteiger partial charge >= 0.3 is 0 Å². The third-order valence-corrected chi connectivity index (χ3v) is 9.67. The van der Waals surface area contributed by atoms with Crippen LogP contribution in [0.15, 0.2) is 71.6 Å². The SMILES string of the molecule is COc1ccc([C@H](C(=O)NC2CCCCC2)N(C(=O)Cn2nnc3ccccc32)c2ccc(S(=O)(=O)N(C)C)cc2)cc1O. The molecule has 1 aliphatic rings. The molecule has 0 saturated heterocycles. The molecule has 5 rings (SSSR count). The van der Waals surface area contributed by atoms with Gasteiger partial charge in [-0.25, -0.2) is 17.4 Å². The van der Waals surface area contributed by atoms with Crippen LogP contribution in [0.3, 0.4) is 0 Å². The summed E-state index contributed by atoms with van der Waals surface area (Å²) >= 11 is 0. The highest BCUT2D eigenvalue weighted by Gasteiger charge is 2.35. The summed E-state index contributed by atoms with van der Waals surface area (Å²) < 4.78 is 33.4. The molecule has 12 nitrogen and oxygen atoms in total. The standard InChI is InChI=1S/C31H36N6O6S/c1-35(2)44(41,42)24-16-14-23(15-17-24)37(29(39)20-36-26-12-8-7-11-25(26)33-34-36)30(21-13-18-28(43-3)27(38)19-21)31(40)32-22-9-5-4-6-10-22/h7-8,11-19,22,30,38H,4-6,9-10,20H2,1-3H3,(H,32,40)/t30-/m1/s1. The molecule has 4 aromatic rings. The van der Waals surface area contributed by atoms with Crippen LogP contribution in [0.25, 0.3) is 11.0 Å². The number of aromatic nitrogens is 3. The number of hydrogen-bond acceptors (Lipinski definition) is 8. The summed E-state index contributed by atoms with van der Waals surface area (Å²) in [5, 5.41) is 22.1. The molecule has 0 aliphatic heterocycles. The molecule has 0 spiro atoms. The van der Waals surface area contributed by atoms with Crippen molar-refractivity contribution in [3.63, 3.8) is 0 Å². The first-order valence-electron chi connectivity index (χ1n) is 14.4. The lowest BCUT2D eigenvalue weighted by atomic mass is 9.94. The molecule has 1 saturated carbocycles. The molecule has 44 heavy (non-hydrogen) atoms. The van der Waals surface area contributed by atoms with Crippen LogP contribution in [-0.4, -0.2) is 71.9 Å². The van der Waals surface area contributed by atoms with Crippen LogP contribution in [0.4, 0.5) is 5.69 Å². The van der Waals surface area contributed by atoms with Crippen LogP contribution in [0.5, 0.6) is 11.5 Å². The van der Waals surface area contributed by atoms with Gasteiger partial charge < -0.3 is 15.2 Å². The number of carbonyl (C=O) groups is 2. The lowest BCUT2D eigenvalue weighted by Crippen LogP contribution is -2.48. The smallest absolute Gasteiger partial charge is 0.249 e. The van der Waals surface area contributed by atoms with Crippen LogP contribution in [0.1, 0.15) is 43.7 Å². The van der Waals surface area contributed by atoms with Gasteiger partial charge in [0.15, 0.2) is 11.5 Å². The topological polar surface area (TPSA) is 147 Å². The summed E-state index contributed by atoms with van der Waals surface area (Å²) in [6.45, 7) is -0.256. The minimum atomic E-state index is -3.74. The van der Waals surface area contributed by atoms with Crippen molar-refractivity contribution in [2.24, 2.45) is 0 Å². The molecule has 2 N–H and O–H groups in total. The Morgan fingerprint density at radius 3 is 2.41 bits per heavy atom.